The summed E-state index contributed by atoms with van der Waals surface area (Å²) in [7, 11) is 1.24. The lowest BCUT2D eigenvalue weighted by Gasteiger charge is -2.12. The van der Waals surface area contributed by atoms with Gasteiger partial charge in [0.05, 0.1) is 24.9 Å². The Morgan fingerprint density at radius 2 is 2.43 bits per heavy atom. The zero-order valence-electron chi connectivity index (χ0n) is 7.56. The van der Waals surface area contributed by atoms with E-state index in [4.69, 9.17) is 0 Å². The van der Waals surface area contributed by atoms with E-state index < -0.39 is 6.09 Å². The van der Waals surface area contributed by atoms with E-state index in [1.807, 2.05) is 0 Å². The van der Waals surface area contributed by atoms with Gasteiger partial charge in [0.15, 0.2) is 0 Å². The van der Waals surface area contributed by atoms with Crippen molar-refractivity contribution in [1.82, 2.24) is 4.98 Å². The second-order valence-electron chi connectivity index (χ2n) is 2.85. The van der Waals surface area contributed by atoms with Gasteiger partial charge in [-0.15, -0.1) is 0 Å². The molecule has 0 N–H and O–H groups in total. The van der Waals surface area contributed by atoms with Crippen molar-refractivity contribution < 1.29 is 14.3 Å². The molecule has 1 aromatic rings. The Balaban J connectivity index is 2.44. The minimum Gasteiger partial charge on any atom is -0.452 e. The molecule has 0 atom stereocenters. The van der Waals surface area contributed by atoms with E-state index >= 15 is 0 Å². The molecule has 2 heterocycles. The summed E-state index contributed by atoms with van der Waals surface area (Å²) in [6.07, 6.45) is 1.08. The molecule has 0 aliphatic carbocycles. The second-order valence-corrected chi connectivity index (χ2v) is 2.85. The fourth-order valence-electron chi connectivity index (χ4n) is 1.42. The molecule has 5 heteroatoms. The van der Waals surface area contributed by atoms with Crippen LogP contribution in [0.5, 0.6) is 0 Å². The second kappa shape index (κ2) is 3.10. The van der Waals surface area contributed by atoms with Crippen molar-refractivity contribution in [3.8, 4) is 0 Å². The van der Waals surface area contributed by atoms with Crippen LogP contribution in [-0.2, 0) is 16.0 Å². The Morgan fingerprint density at radius 1 is 1.64 bits per heavy atom. The number of rotatable bonds is 0. The first kappa shape index (κ1) is 8.68. The van der Waals surface area contributed by atoms with Gasteiger partial charge >= 0.3 is 6.09 Å². The highest BCUT2D eigenvalue weighted by molar-refractivity contribution is 6.16. The molecule has 2 amide bonds. The Morgan fingerprint density at radius 3 is 3.14 bits per heavy atom. The van der Waals surface area contributed by atoms with Gasteiger partial charge in [-0.2, -0.15) is 0 Å². The molecule has 0 aromatic carbocycles. The first-order chi connectivity index (χ1) is 6.74. The third-order valence-corrected chi connectivity index (χ3v) is 2.03. The Hall–Kier alpha value is -1.91. The van der Waals surface area contributed by atoms with Crippen LogP contribution in [0, 0.1) is 0 Å². The normalized spacial score (nSPS) is 14.1. The number of methoxy groups -OCH3 is 1. The van der Waals surface area contributed by atoms with Crippen LogP contribution in [0.25, 0.3) is 0 Å². The maximum absolute atomic E-state index is 11.4. The summed E-state index contributed by atoms with van der Waals surface area (Å²) in [4.78, 5) is 27.7. The lowest BCUT2D eigenvalue weighted by Crippen LogP contribution is -2.33. The summed E-state index contributed by atoms with van der Waals surface area (Å²) >= 11 is 0. The molecule has 1 aromatic heterocycles. The van der Waals surface area contributed by atoms with E-state index in [1.165, 1.54) is 7.11 Å². The monoisotopic (exact) mass is 192 g/mol. The summed E-state index contributed by atoms with van der Waals surface area (Å²) in [5.74, 6) is -0.300. The number of imide groups is 1. The summed E-state index contributed by atoms with van der Waals surface area (Å²) < 4.78 is 4.50. The number of hydrogen-bond acceptors (Lipinski definition) is 4. The minimum atomic E-state index is -0.665. The summed E-state index contributed by atoms with van der Waals surface area (Å²) in [5.41, 5.74) is 1.13. The number of pyridine rings is 1. The van der Waals surface area contributed by atoms with Gasteiger partial charge in [-0.3, -0.25) is 9.78 Å². The van der Waals surface area contributed by atoms with Crippen molar-refractivity contribution in [3.63, 3.8) is 0 Å². The number of anilines is 1. The molecule has 5 nitrogen and oxygen atoms in total. The zero-order chi connectivity index (χ0) is 10.1. The highest BCUT2D eigenvalue weighted by Crippen LogP contribution is 2.26. The molecule has 1 aliphatic heterocycles. The molecule has 14 heavy (non-hydrogen) atoms. The highest BCUT2D eigenvalue weighted by atomic mass is 16.5. The van der Waals surface area contributed by atoms with Gasteiger partial charge in [-0.1, -0.05) is 0 Å². The molecule has 0 saturated heterocycles. The number of amides is 2. The van der Waals surface area contributed by atoms with E-state index in [1.54, 1.807) is 18.3 Å². The van der Waals surface area contributed by atoms with Crippen LogP contribution in [0.1, 0.15) is 5.69 Å². The van der Waals surface area contributed by atoms with Crippen molar-refractivity contribution in [1.29, 1.82) is 0 Å². The Bertz CT molecular complexity index is 395. The van der Waals surface area contributed by atoms with E-state index in [2.05, 4.69) is 9.72 Å². The fraction of sp³-hybridized carbons (Fsp3) is 0.222. The van der Waals surface area contributed by atoms with Crippen LogP contribution in [0.2, 0.25) is 0 Å². The van der Waals surface area contributed by atoms with Gasteiger partial charge in [0.1, 0.15) is 0 Å². The Labute approximate surface area is 80.3 Å². The molecule has 0 bridgehead atoms. The molecule has 0 saturated carbocycles. The molecule has 0 spiro atoms. The number of hydrogen-bond donors (Lipinski definition) is 0. The standard InChI is InChI=1S/C9H8N2O3/c1-14-9(13)11-7-3-2-4-10-6(7)5-8(11)12/h2-4H,5H2,1H3. The lowest BCUT2D eigenvalue weighted by atomic mass is 10.3. The summed E-state index contributed by atoms with van der Waals surface area (Å²) in [6.45, 7) is 0. The quantitative estimate of drug-likeness (QED) is 0.608. The van der Waals surface area contributed by atoms with Gasteiger partial charge in [0.2, 0.25) is 5.91 Å². The van der Waals surface area contributed by atoms with Gasteiger partial charge in [-0.05, 0) is 12.1 Å². The van der Waals surface area contributed by atoms with Gasteiger partial charge in [0.25, 0.3) is 0 Å². The predicted octanol–water partition coefficient (Wildman–Crippen LogP) is 0.737. The van der Waals surface area contributed by atoms with Gasteiger partial charge in [0, 0.05) is 6.20 Å². The number of nitrogens with zero attached hydrogens (tertiary/aromatic N) is 2. The highest BCUT2D eigenvalue weighted by Gasteiger charge is 2.33. The summed E-state index contributed by atoms with van der Waals surface area (Å²) in [6, 6.07) is 3.34. The molecule has 72 valence electrons. The molecular formula is C9H8N2O3. The van der Waals surface area contributed by atoms with Crippen LogP contribution >= 0.6 is 0 Å². The van der Waals surface area contributed by atoms with Crippen LogP contribution < -0.4 is 4.90 Å². The van der Waals surface area contributed by atoms with Gasteiger partial charge in [-0.25, -0.2) is 9.69 Å². The zero-order valence-corrected chi connectivity index (χ0v) is 7.56. The van der Waals surface area contributed by atoms with E-state index in [9.17, 15) is 9.59 Å². The average molecular weight is 192 g/mol. The van der Waals surface area contributed by atoms with Crippen LogP contribution in [0.3, 0.4) is 0 Å². The third kappa shape index (κ3) is 1.14. The summed E-state index contributed by atoms with van der Waals surface area (Å²) in [5, 5.41) is 0. The first-order valence-electron chi connectivity index (χ1n) is 4.09. The largest absolute Gasteiger partial charge is 0.452 e. The fourth-order valence-corrected chi connectivity index (χ4v) is 1.42. The molecule has 2 rings (SSSR count). The van der Waals surface area contributed by atoms with Crippen LogP contribution in [0.4, 0.5) is 10.5 Å². The number of carbonyl (C=O) groups is 2. The number of fused-ring (bicyclic) bond motifs is 1. The maximum Gasteiger partial charge on any atom is 0.421 e. The SMILES string of the molecule is COC(=O)N1C(=O)Cc2ncccc21. The molecule has 0 unspecified atom stereocenters. The van der Waals surface area contributed by atoms with Crippen molar-refractivity contribution in [2.75, 3.05) is 12.0 Å². The first-order valence-corrected chi connectivity index (χ1v) is 4.09. The minimum absolute atomic E-state index is 0.158. The Kier molecular flexibility index (Phi) is 1.92. The maximum atomic E-state index is 11.4. The topological polar surface area (TPSA) is 59.5 Å². The third-order valence-electron chi connectivity index (χ3n) is 2.03. The average Bonchev–Trinajstić information content (AvgIpc) is 2.53. The van der Waals surface area contributed by atoms with Crippen LogP contribution in [0.15, 0.2) is 18.3 Å². The van der Waals surface area contributed by atoms with Gasteiger partial charge < -0.3 is 4.74 Å². The van der Waals surface area contributed by atoms with Crippen LogP contribution in [-0.4, -0.2) is 24.1 Å². The van der Waals surface area contributed by atoms with Crippen molar-refractivity contribution in [3.05, 3.63) is 24.0 Å². The molecule has 0 fully saturated rings. The van der Waals surface area contributed by atoms with Crippen molar-refractivity contribution in [2.24, 2.45) is 0 Å². The van der Waals surface area contributed by atoms with Crippen molar-refractivity contribution >= 4 is 17.7 Å². The molecule has 1 aliphatic rings. The van der Waals surface area contributed by atoms with E-state index in [0.29, 0.717) is 11.4 Å². The molecule has 0 radical (unpaired) electrons. The number of carbonyl (C=O) groups excluding carboxylic acids is 2. The lowest BCUT2D eigenvalue weighted by molar-refractivity contribution is -0.116. The van der Waals surface area contributed by atoms with E-state index in [-0.39, 0.29) is 12.3 Å². The van der Waals surface area contributed by atoms with Crippen molar-refractivity contribution in [2.45, 2.75) is 6.42 Å². The van der Waals surface area contributed by atoms with E-state index in [0.717, 1.165) is 4.90 Å². The number of ether oxygens (including phenoxy) is 1. The molecular weight excluding hydrogens is 184 g/mol. The number of aromatic nitrogens is 1. The predicted molar refractivity (Wildman–Crippen MR) is 47.8 cm³/mol. The smallest absolute Gasteiger partial charge is 0.421 e.